The van der Waals surface area contributed by atoms with Crippen LogP contribution in [0, 0.1) is 0 Å². The lowest BCUT2D eigenvalue weighted by Gasteiger charge is -2.15. The predicted molar refractivity (Wildman–Crippen MR) is 174 cm³/mol. The number of aromatic nitrogens is 1. The fourth-order valence-electron chi connectivity index (χ4n) is 6.92. The molecule has 1 heterocycles. The lowest BCUT2D eigenvalue weighted by Crippen LogP contribution is -1.95. The highest BCUT2D eigenvalue weighted by Crippen LogP contribution is 2.50. The number of hydrogen-bond donors (Lipinski definition) is 0. The van der Waals surface area contributed by atoms with E-state index in [1.165, 1.54) is 82.8 Å². The molecular weight excluding hydrogens is 494 g/mol. The fraction of sp³-hybridized carbons (Fsp3) is 0. The summed E-state index contributed by atoms with van der Waals surface area (Å²) in [5, 5.41) is 5.27. The predicted octanol–water partition coefficient (Wildman–Crippen LogP) is 10.9. The van der Waals surface area contributed by atoms with Crippen molar-refractivity contribution in [3.63, 3.8) is 0 Å². The van der Waals surface area contributed by atoms with Crippen molar-refractivity contribution in [3.8, 4) is 50.2 Å². The molecule has 1 nitrogen and oxygen atoms in total. The summed E-state index contributed by atoms with van der Waals surface area (Å²) in [6.45, 7) is 0. The van der Waals surface area contributed by atoms with E-state index in [9.17, 15) is 0 Å². The first-order valence-electron chi connectivity index (χ1n) is 14.2. The van der Waals surface area contributed by atoms with Gasteiger partial charge < -0.3 is 4.57 Å². The molecule has 190 valence electrons. The lowest BCUT2D eigenvalue weighted by molar-refractivity contribution is 1.18. The third kappa shape index (κ3) is 3.24. The molecule has 1 aromatic heterocycles. The summed E-state index contributed by atoms with van der Waals surface area (Å²) in [6, 6.07) is 55.5. The Balaban J connectivity index is 1.43. The van der Waals surface area contributed by atoms with Crippen LogP contribution in [0.5, 0.6) is 0 Å². The SMILES string of the molecule is c1ccc(-c2ccc(-n3c4cccc5c4c4c(cc(-c6ccccc6)cc43)-c3cccc4cccc-5c34)cc2)cc1. The first kappa shape index (κ1) is 22.4. The van der Waals surface area contributed by atoms with Crippen LogP contribution in [0.4, 0.5) is 0 Å². The van der Waals surface area contributed by atoms with E-state index in [2.05, 4.69) is 156 Å². The van der Waals surface area contributed by atoms with Gasteiger partial charge in [0.2, 0.25) is 0 Å². The van der Waals surface area contributed by atoms with Gasteiger partial charge in [-0.15, -0.1) is 0 Å². The minimum Gasteiger partial charge on any atom is -0.309 e. The van der Waals surface area contributed by atoms with Crippen LogP contribution in [0.2, 0.25) is 0 Å². The third-order valence-electron chi connectivity index (χ3n) is 8.72. The Morgan fingerprint density at radius 1 is 0.317 bits per heavy atom. The summed E-state index contributed by atoms with van der Waals surface area (Å²) < 4.78 is 2.47. The molecule has 0 saturated heterocycles. The van der Waals surface area contributed by atoms with Crippen LogP contribution in [0.25, 0.3) is 82.8 Å². The molecule has 0 N–H and O–H groups in total. The maximum atomic E-state index is 2.47. The van der Waals surface area contributed by atoms with Gasteiger partial charge >= 0.3 is 0 Å². The maximum Gasteiger partial charge on any atom is 0.0553 e. The van der Waals surface area contributed by atoms with Crippen molar-refractivity contribution in [2.24, 2.45) is 0 Å². The van der Waals surface area contributed by atoms with Crippen LogP contribution < -0.4 is 0 Å². The van der Waals surface area contributed by atoms with Crippen LogP contribution in [0.1, 0.15) is 0 Å². The summed E-state index contributed by atoms with van der Waals surface area (Å²) in [5.41, 5.74) is 13.8. The normalized spacial score (nSPS) is 11.9. The van der Waals surface area contributed by atoms with Gasteiger partial charge in [-0.2, -0.15) is 0 Å². The Bertz CT molecular complexity index is 2270. The molecule has 0 atom stereocenters. The van der Waals surface area contributed by atoms with Gasteiger partial charge in [0.05, 0.1) is 11.0 Å². The summed E-state index contributed by atoms with van der Waals surface area (Å²) in [5.74, 6) is 0. The minimum atomic E-state index is 1.17. The highest BCUT2D eigenvalue weighted by Gasteiger charge is 2.25. The van der Waals surface area contributed by atoms with Crippen LogP contribution in [0.3, 0.4) is 0 Å². The number of fused-ring (bicyclic) bond motifs is 2. The Kier molecular flexibility index (Phi) is 4.67. The van der Waals surface area contributed by atoms with E-state index in [-0.39, 0.29) is 0 Å². The molecule has 0 unspecified atom stereocenters. The second-order valence-electron chi connectivity index (χ2n) is 10.9. The Hall–Kier alpha value is -5.40. The van der Waals surface area contributed by atoms with Crippen LogP contribution in [-0.4, -0.2) is 4.57 Å². The molecule has 9 rings (SSSR count). The molecule has 7 aromatic carbocycles. The van der Waals surface area contributed by atoms with Crippen molar-refractivity contribution in [3.05, 3.63) is 152 Å². The Morgan fingerprint density at radius 2 is 0.854 bits per heavy atom. The summed E-state index contributed by atoms with van der Waals surface area (Å²) in [4.78, 5) is 0. The van der Waals surface area contributed by atoms with Crippen LogP contribution >= 0.6 is 0 Å². The molecule has 0 aliphatic heterocycles. The fourth-order valence-corrected chi connectivity index (χ4v) is 6.92. The zero-order valence-corrected chi connectivity index (χ0v) is 22.4. The van der Waals surface area contributed by atoms with Gasteiger partial charge in [0.15, 0.2) is 0 Å². The van der Waals surface area contributed by atoms with Crippen molar-refractivity contribution in [2.45, 2.75) is 0 Å². The number of hydrogen-bond acceptors (Lipinski definition) is 0. The van der Waals surface area contributed by atoms with Crippen molar-refractivity contribution < 1.29 is 0 Å². The van der Waals surface area contributed by atoms with Gasteiger partial charge in [0.1, 0.15) is 0 Å². The molecule has 0 saturated carbocycles. The average molecular weight is 520 g/mol. The second-order valence-corrected chi connectivity index (χ2v) is 10.9. The quantitative estimate of drug-likeness (QED) is 0.219. The Morgan fingerprint density at radius 3 is 1.54 bits per heavy atom. The van der Waals surface area contributed by atoms with Crippen LogP contribution in [0.15, 0.2) is 152 Å². The first-order valence-corrected chi connectivity index (χ1v) is 14.2. The van der Waals surface area contributed by atoms with E-state index in [0.29, 0.717) is 0 Å². The third-order valence-corrected chi connectivity index (χ3v) is 8.72. The van der Waals surface area contributed by atoms with Gasteiger partial charge in [-0.3, -0.25) is 0 Å². The molecule has 0 spiro atoms. The van der Waals surface area contributed by atoms with E-state index in [4.69, 9.17) is 0 Å². The highest BCUT2D eigenvalue weighted by molar-refractivity contribution is 6.27. The van der Waals surface area contributed by atoms with Gasteiger partial charge in [-0.05, 0) is 85.6 Å². The van der Waals surface area contributed by atoms with Crippen LogP contribution in [-0.2, 0) is 0 Å². The molecular formula is C40H25N. The molecule has 1 aliphatic carbocycles. The number of rotatable bonds is 3. The van der Waals surface area contributed by atoms with Crippen molar-refractivity contribution in [1.29, 1.82) is 0 Å². The molecule has 0 fully saturated rings. The molecule has 8 aromatic rings. The first-order chi connectivity index (χ1) is 20.3. The summed E-state index contributed by atoms with van der Waals surface area (Å²) in [7, 11) is 0. The number of nitrogens with zero attached hydrogens (tertiary/aromatic N) is 1. The van der Waals surface area contributed by atoms with Gasteiger partial charge in [-0.1, -0.05) is 121 Å². The van der Waals surface area contributed by atoms with E-state index >= 15 is 0 Å². The van der Waals surface area contributed by atoms with E-state index in [1.807, 2.05) is 0 Å². The highest BCUT2D eigenvalue weighted by atomic mass is 15.0. The molecule has 1 heteroatoms. The summed E-state index contributed by atoms with van der Waals surface area (Å²) >= 11 is 0. The molecule has 1 aliphatic rings. The molecule has 0 amide bonds. The number of benzene rings is 7. The monoisotopic (exact) mass is 519 g/mol. The van der Waals surface area contributed by atoms with Gasteiger partial charge in [-0.25, -0.2) is 0 Å². The van der Waals surface area contributed by atoms with Gasteiger partial charge in [0, 0.05) is 16.5 Å². The van der Waals surface area contributed by atoms with Crippen molar-refractivity contribution in [1.82, 2.24) is 4.57 Å². The van der Waals surface area contributed by atoms with Crippen molar-refractivity contribution in [2.75, 3.05) is 0 Å². The molecule has 0 bridgehead atoms. The second kappa shape index (κ2) is 8.55. The zero-order chi connectivity index (χ0) is 26.9. The molecule has 41 heavy (non-hydrogen) atoms. The minimum absolute atomic E-state index is 1.17. The topological polar surface area (TPSA) is 4.93 Å². The zero-order valence-electron chi connectivity index (χ0n) is 22.4. The standard InChI is InChI=1S/C40H25N/c1-3-10-26(11-4-1)28-20-22-31(23-21-28)41-36-19-9-18-33-32-16-7-14-29-15-8-17-34(38(29)32)35-24-30(27-12-5-2-6-13-27)25-37(41)40(35)39(33)36/h1-25H. The largest absolute Gasteiger partial charge is 0.309 e. The summed E-state index contributed by atoms with van der Waals surface area (Å²) in [6.07, 6.45) is 0. The average Bonchev–Trinajstić information content (AvgIpc) is 3.33. The molecule has 0 radical (unpaired) electrons. The Labute approximate surface area is 238 Å². The van der Waals surface area contributed by atoms with Gasteiger partial charge in [0.25, 0.3) is 0 Å². The van der Waals surface area contributed by atoms with E-state index in [1.54, 1.807) is 0 Å². The van der Waals surface area contributed by atoms with Crippen molar-refractivity contribution >= 4 is 32.6 Å². The lowest BCUT2D eigenvalue weighted by atomic mass is 9.92. The van der Waals surface area contributed by atoms with E-state index in [0.717, 1.165) is 0 Å². The maximum absolute atomic E-state index is 2.47. The van der Waals surface area contributed by atoms with E-state index < -0.39 is 0 Å². The smallest absolute Gasteiger partial charge is 0.0553 e.